The van der Waals surface area contributed by atoms with Gasteiger partial charge >= 0.3 is 6.18 Å². The van der Waals surface area contributed by atoms with Crippen molar-refractivity contribution in [2.45, 2.75) is 37.3 Å². The van der Waals surface area contributed by atoms with Crippen molar-refractivity contribution < 1.29 is 13.2 Å². The summed E-state index contributed by atoms with van der Waals surface area (Å²) in [6, 6.07) is 4.62. The fourth-order valence-electron chi connectivity index (χ4n) is 3.63. The number of halogens is 3. The highest BCUT2D eigenvalue weighted by Crippen LogP contribution is 2.60. The van der Waals surface area contributed by atoms with Crippen molar-refractivity contribution in [1.29, 1.82) is 0 Å². The minimum Gasteiger partial charge on any atom is -0.330 e. The van der Waals surface area contributed by atoms with Gasteiger partial charge in [-0.15, -0.1) is 0 Å². The molecule has 2 unspecified atom stereocenters. The van der Waals surface area contributed by atoms with Crippen LogP contribution in [0.25, 0.3) is 0 Å². The van der Waals surface area contributed by atoms with Crippen LogP contribution in [0.5, 0.6) is 0 Å². The topological polar surface area (TPSA) is 26.0 Å². The van der Waals surface area contributed by atoms with E-state index in [1.165, 1.54) is 6.07 Å². The highest BCUT2D eigenvalue weighted by molar-refractivity contribution is 5.47. The minimum atomic E-state index is -4.24. The van der Waals surface area contributed by atoms with E-state index in [-0.39, 0.29) is 5.41 Å². The van der Waals surface area contributed by atoms with Crippen LogP contribution in [-0.4, -0.2) is 6.54 Å². The summed E-state index contributed by atoms with van der Waals surface area (Å²) in [4.78, 5) is 0. The predicted octanol–water partition coefficient (Wildman–Crippen LogP) is 3.26. The van der Waals surface area contributed by atoms with E-state index in [0.29, 0.717) is 24.4 Å². The van der Waals surface area contributed by atoms with E-state index in [1.54, 1.807) is 6.07 Å². The number of hydrogen-bond donors (Lipinski definition) is 1. The Morgan fingerprint density at radius 1 is 1.33 bits per heavy atom. The largest absolute Gasteiger partial charge is 0.416 e. The molecule has 1 fully saturated rings. The standard InChI is InChI=1S/C14H16F3N/c15-14(16,17)12-5-1-4-11-10(12)3-2-6-13(11)7-9(13)8-18/h1,4-5,9H,2-3,6-8,18H2. The minimum absolute atomic E-state index is 0.0381. The molecule has 1 saturated carbocycles. The molecule has 3 rings (SSSR count). The maximum Gasteiger partial charge on any atom is 0.416 e. The van der Waals surface area contributed by atoms with Gasteiger partial charge in [0.1, 0.15) is 0 Å². The lowest BCUT2D eigenvalue weighted by Crippen LogP contribution is -2.24. The zero-order chi connectivity index (χ0) is 13.0. The van der Waals surface area contributed by atoms with Gasteiger partial charge in [-0.2, -0.15) is 13.2 Å². The van der Waals surface area contributed by atoms with E-state index in [9.17, 15) is 13.2 Å². The van der Waals surface area contributed by atoms with Gasteiger partial charge in [-0.05, 0) is 60.8 Å². The number of alkyl halides is 3. The highest BCUT2D eigenvalue weighted by atomic mass is 19.4. The van der Waals surface area contributed by atoms with Crippen molar-refractivity contribution in [2.24, 2.45) is 11.7 Å². The van der Waals surface area contributed by atoms with E-state index < -0.39 is 11.7 Å². The average molecular weight is 255 g/mol. The van der Waals surface area contributed by atoms with E-state index >= 15 is 0 Å². The summed E-state index contributed by atoms with van der Waals surface area (Å²) in [5, 5.41) is 0. The van der Waals surface area contributed by atoms with Crippen LogP contribution in [0, 0.1) is 5.92 Å². The van der Waals surface area contributed by atoms with Crippen LogP contribution in [0.2, 0.25) is 0 Å². The third-order valence-corrected chi connectivity index (χ3v) is 4.58. The summed E-state index contributed by atoms with van der Waals surface area (Å²) >= 11 is 0. The number of nitrogens with two attached hydrogens (primary N) is 1. The maximum absolute atomic E-state index is 13.0. The van der Waals surface area contributed by atoms with E-state index in [2.05, 4.69) is 0 Å². The SMILES string of the molecule is NCC1CC12CCCc1c(C(F)(F)F)cccc12. The van der Waals surface area contributed by atoms with Gasteiger partial charge in [0.25, 0.3) is 0 Å². The molecular weight excluding hydrogens is 239 g/mol. The Morgan fingerprint density at radius 2 is 2.11 bits per heavy atom. The molecule has 18 heavy (non-hydrogen) atoms. The Morgan fingerprint density at radius 3 is 2.72 bits per heavy atom. The molecule has 0 amide bonds. The predicted molar refractivity (Wildman–Crippen MR) is 63.2 cm³/mol. The molecule has 1 aromatic carbocycles. The maximum atomic E-state index is 13.0. The lowest BCUT2D eigenvalue weighted by Gasteiger charge is -2.29. The van der Waals surface area contributed by atoms with Gasteiger partial charge in [-0.25, -0.2) is 0 Å². The third-order valence-electron chi connectivity index (χ3n) is 4.58. The van der Waals surface area contributed by atoms with E-state index in [1.807, 2.05) is 6.07 Å². The Kier molecular flexibility index (Phi) is 2.49. The number of fused-ring (bicyclic) bond motifs is 2. The summed E-state index contributed by atoms with van der Waals surface area (Å²) in [6.45, 7) is 0.579. The second-order valence-corrected chi connectivity index (χ2v) is 5.48. The van der Waals surface area contributed by atoms with Crippen LogP contribution in [-0.2, 0) is 18.0 Å². The molecule has 4 heteroatoms. The van der Waals surface area contributed by atoms with Gasteiger partial charge in [-0.1, -0.05) is 12.1 Å². The molecule has 0 radical (unpaired) electrons. The van der Waals surface area contributed by atoms with Gasteiger partial charge in [0.15, 0.2) is 0 Å². The first-order chi connectivity index (χ1) is 8.49. The number of benzene rings is 1. The zero-order valence-corrected chi connectivity index (χ0v) is 10.1. The summed E-state index contributed by atoms with van der Waals surface area (Å²) in [5.74, 6) is 0.375. The normalized spacial score (nSPS) is 30.3. The molecule has 2 atom stereocenters. The average Bonchev–Trinajstić information content (AvgIpc) is 3.02. The van der Waals surface area contributed by atoms with Crippen molar-refractivity contribution in [3.8, 4) is 0 Å². The number of hydrogen-bond acceptors (Lipinski definition) is 1. The van der Waals surface area contributed by atoms with E-state index in [4.69, 9.17) is 5.73 Å². The van der Waals surface area contributed by atoms with Gasteiger partial charge in [0.2, 0.25) is 0 Å². The summed E-state index contributed by atoms with van der Waals surface area (Å²) in [6.07, 6.45) is -0.904. The van der Waals surface area contributed by atoms with Crippen LogP contribution >= 0.6 is 0 Å². The molecule has 2 N–H and O–H groups in total. The quantitative estimate of drug-likeness (QED) is 0.819. The van der Waals surface area contributed by atoms with Gasteiger partial charge in [-0.3, -0.25) is 0 Å². The molecule has 98 valence electrons. The lowest BCUT2D eigenvalue weighted by molar-refractivity contribution is -0.138. The molecule has 0 bridgehead atoms. The van der Waals surface area contributed by atoms with Crippen molar-refractivity contribution in [2.75, 3.05) is 6.54 Å². The molecule has 1 nitrogen and oxygen atoms in total. The van der Waals surface area contributed by atoms with Crippen LogP contribution in [0.1, 0.15) is 36.0 Å². The zero-order valence-electron chi connectivity index (χ0n) is 10.1. The van der Waals surface area contributed by atoms with Crippen molar-refractivity contribution in [1.82, 2.24) is 0 Å². The summed E-state index contributed by atoms with van der Waals surface area (Å²) in [7, 11) is 0. The second-order valence-electron chi connectivity index (χ2n) is 5.48. The Bertz CT molecular complexity index is 480. The van der Waals surface area contributed by atoms with Gasteiger partial charge < -0.3 is 5.73 Å². The van der Waals surface area contributed by atoms with Gasteiger partial charge in [0, 0.05) is 0 Å². The van der Waals surface area contributed by atoms with Crippen LogP contribution in [0.4, 0.5) is 13.2 Å². The Hall–Kier alpha value is -1.03. The Labute approximate surface area is 104 Å². The first-order valence-electron chi connectivity index (χ1n) is 6.39. The number of rotatable bonds is 1. The molecular formula is C14H16F3N. The fourth-order valence-corrected chi connectivity index (χ4v) is 3.63. The molecule has 1 aromatic rings. The second kappa shape index (κ2) is 3.73. The van der Waals surface area contributed by atoms with Crippen LogP contribution < -0.4 is 5.73 Å². The molecule has 2 aliphatic rings. The summed E-state index contributed by atoms with van der Waals surface area (Å²) < 4.78 is 39.0. The van der Waals surface area contributed by atoms with Crippen LogP contribution in [0.3, 0.4) is 0 Å². The van der Waals surface area contributed by atoms with Crippen molar-refractivity contribution >= 4 is 0 Å². The monoisotopic (exact) mass is 255 g/mol. The third kappa shape index (κ3) is 1.58. The summed E-state index contributed by atoms with van der Waals surface area (Å²) in [5.41, 5.74) is 6.65. The molecule has 0 aromatic heterocycles. The fraction of sp³-hybridized carbons (Fsp3) is 0.571. The molecule has 2 aliphatic carbocycles. The van der Waals surface area contributed by atoms with Crippen LogP contribution in [0.15, 0.2) is 18.2 Å². The van der Waals surface area contributed by atoms with Crippen molar-refractivity contribution in [3.63, 3.8) is 0 Å². The lowest BCUT2D eigenvalue weighted by atomic mass is 9.77. The van der Waals surface area contributed by atoms with Gasteiger partial charge in [0.05, 0.1) is 5.56 Å². The highest BCUT2D eigenvalue weighted by Gasteiger charge is 2.56. The first-order valence-corrected chi connectivity index (χ1v) is 6.39. The molecule has 1 spiro atoms. The molecule has 0 heterocycles. The van der Waals surface area contributed by atoms with Crippen molar-refractivity contribution in [3.05, 3.63) is 34.9 Å². The molecule has 0 aliphatic heterocycles. The van der Waals surface area contributed by atoms with E-state index in [0.717, 1.165) is 24.8 Å². The Balaban J connectivity index is 2.10. The first kappa shape index (κ1) is 12.0. The smallest absolute Gasteiger partial charge is 0.330 e. The molecule has 0 saturated heterocycles.